The Hall–Kier alpha value is -2.13. The lowest BCUT2D eigenvalue weighted by Crippen LogP contribution is -1.99. The molecule has 0 bridgehead atoms. The van der Waals surface area contributed by atoms with E-state index in [9.17, 15) is 9.90 Å². The van der Waals surface area contributed by atoms with Crippen molar-refractivity contribution in [3.8, 4) is 5.75 Å². The fraction of sp³-hybridized carbons (Fsp3) is 0. The van der Waals surface area contributed by atoms with E-state index in [1.807, 2.05) is 35.7 Å². The lowest BCUT2D eigenvalue weighted by atomic mass is 10.0. The summed E-state index contributed by atoms with van der Waals surface area (Å²) in [6.45, 7) is 0. The second kappa shape index (κ2) is 4.27. The number of thiophene rings is 1. The molecule has 0 spiro atoms. The van der Waals surface area contributed by atoms with E-state index < -0.39 is 0 Å². The molecule has 0 unspecified atom stereocenters. The standard InChI is InChI=1S/C15H10O2S/c16-13-9-11-5-2-1-4-10(11)8-12(13)15(17)14-6-3-7-18-14/h1-9,16H. The Balaban J connectivity index is 2.17. The van der Waals surface area contributed by atoms with Crippen molar-refractivity contribution < 1.29 is 9.90 Å². The number of hydrogen-bond acceptors (Lipinski definition) is 3. The molecule has 3 rings (SSSR count). The molecule has 3 aromatic rings. The molecule has 0 aliphatic heterocycles. The first-order chi connectivity index (χ1) is 8.75. The van der Waals surface area contributed by atoms with Gasteiger partial charge in [-0.1, -0.05) is 30.3 Å². The van der Waals surface area contributed by atoms with Gasteiger partial charge < -0.3 is 5.11 Å². The monoisotopic (exact) mass is 254 g/mol. The molecule has 1 aromatic heterocycles. The molecule has 1 N–H and O–H groups in total. The lowest BCUT2D eigenvalue weighted by Gasteiger charge is -2.05. The van der Waals surface area contributed by atoms with Gasteiger partial charge in [0.05, 0.1) is 10.4 Å². The van der Waals surface area contributed by atoms with Gasteiger partial charge in [0.25, 0.3) is 0 Å². The molecule has 0 atom stereocenters. The SMILES string of the molecule is O=C(c1cccs1)c1cc2ccccc2cc1O. The minimum Gasteiger partial charge on any atom is -0.507 e. The minimum atomic E-state index is -0.131. The van der Waals surface area contributed by atoms with Crippen LogP contribution in [0.25, 0.3) is 10.8 Å². The molecule has 88 valence electrons. The van der Waals surface area contributed by atoms with Gasteiger partial charge in [0.15, 0.2) is 0 Å². The Morgan fingerprint density at radius 3 is 2.39 bits per heavy atom. The molecule has 0 radical (unpaired) electrons. The van der Waals surface area contributed by atoms with E-state index in [4.69, 9.17) is 0 Å². The third kappa shape index (κ3) is 1.79. The van der Waals surface area contributed by atoms with E-state index in [1.54, 1.807) is 18.2 Å². The van der Waals surface area contributed by atoms with Crippen LogP contribution < -0.4 is 0 Å². The number of rotatable bonds is 2. The molecule has 18 heavy (non-hydrogen) atoms. The fourth-order valence-electron chi connectivity index (χ4n) is 1.95. The summed E-state index contributed by atoms with van der Waals surface area (Å²) in [4.78, 5) is 12.9. The lowest BCUT2D eigenvalue weighted by molar-refractivity contribution is 0.104. The van der Waals surface area contributed by atoms with Gasteiger partial charge in [-0.15, -0.1) is 11.3 Å². The summed E-state index contributed by atoms with van der Waals surface area (Å²) >= 11 is 1.38. The number of ketones is 1. The van der Waals surface area contributed by atoms with Crippen molar-refractivity contribution >= 4 is 27.9 Å². The summed E-state index contributed by atoms with van der Waals surface area (Å²) in [5.74, 6) is -0.0969. The zero-order chi connectivity index (χ0) is 12.5. The Morgan fingerprint density at radius 1 is 1.00 bits per heavy atom. The number of benzene rings is 2. The summed E-state index contributed by atoms with van der Waals surface area (Å²) < 4.78 is 0. The second-order valence-electron chi connectivity index (χ2n) is 4.02. The molecule has 0 amide bonds. The number of carbonyl (C=O) groups is 1. The van der Waals surface area contributed by atoms with Crippen LogP contribution in [0, 0.1) is 0 Å². The van der Waals surface area contributed by atoms with Crippen molar-refractivity contribution in [2.75, 3.05) is 0 Å². The number of phenols is 1. The summed E-state index contributed by atoms with van der Waals surface area (Å²) in [6, 6.07) is 14.6. The third-order valence-electron chi connectivity index (χ3n) is 2.85. The van der Waals surface area contributed by atoms with E-state index in [2.05, 4.69) is 0 Å². The first-order valence-electron chi connectivity index (χ1n) is 5.55. The highest BCUT2D eigenvalue weighted by atomic mass is 32.1. The van der Waals surface area contributed by atoms with Gasteiger partial charge in [0.1, 0.15) is 5.75 Å². The molecule has 1 heterocycles. The fourth-order valence-corrected chi connectivity index (χ4v) is 2.63. The highest BCUT2D eigenvalue weighted by molar-refractivity contribution is 7.12. The molecular weight excluding hydrogens is 244 g/mol. The van der Waals surface area contributed by atoms with E-state index >= 15 is 0 Å². The maximum atomic E-state index is 12.2. The maximum Gasteiger partial charge on any atom is 0.206 e. The first kappa shape index (κ1) is 11.0. The minimum absolute atomic E-state index is 0.0344. The van der Waals surface area contributed by atoms with Crippen LogP contribution in [0.3, 0.4) is 0 Å². The molecule has 3 heteroatoms. The molecule has 0 fully saturated rings. The smallest absolute Gasteiger partial charge is 0.206 e. The molecular formula is C15H10O2S. The van der Waals surface area contributed by atoms with Crippen LogP contribution >= 0.6 is 11.3 Å². The number of phenolic OH excluding ortho intramolecular Hbond substituents is 1. The Labute approximate surface area is 108 Å². The summed E-state index contributed by atoms with van der Waals surface area (Å²) in [7, 11) is 0. The molecule has 0 aliphatic rings. The van der Waals surface area contributed by atoms with Crippen molar-refractivity contribution in [1.82, 2.24) is 0 Å². The predicted molar refractivity (Wildman–Crippen MR) is 73.4 cm³/mol. The van der Waals surface area contributed by atoms with Gasteiger partial charge in [-0.3, -0.25) is 4.79 Å². The van der Waals surface area contributed by atoms with Crippen molar-refractivity contribution in [3.63, 3.8) is 0 Å². The molecule has 0 saturated carbocycles. The molecule has 0 saturated heterocycles. The Morgan fingerprint density at radius 2 is 1.72 bits per heavy atom. The average Bonchev–Trinajstić information content (AvgIpc) is 2.91. The van der Waals surface area contributed by atoms with E-state index in [1.165, 1.54) is 11.3 Å². The highest BCUT2D eigenvalue weighted by Gasteiger charge is 2.15. The van der Waals surface area contributed by atoms with Gasteiger partial charge in [-0.2, -0.15) is 0 Å². The molecule has 0 aliphatic carbocycles. The van der Waals surface area contributed by atoms with Crippen LogP contribution in [-0.2, 0) is 0 Å². The van der Waals surface area contributed by atoms with Crippen molar-refractivity contribution in [1.29, 1.82) is 0 Å². The summed E-state index contributed by atoms with van der Waals surface area (Å²) in [5.41, 5.74) is 0.358. The molecule has 2 aromatic carbocycles. The van der Waals surface area contributed by atoms with Crippen LogP contribution in [0.5, 0.6) is 5.75 Å². The summed E-state index contributed by atoms with van der Waals surface area (Å²) in [6.07, 6.45) is 0. The largest absolute Gasteiger partial charge is 0.507 e. The van der Waals surface area contributed by atoms with Crippen molar-refractivity contribution in [2.24, 2.45) is 0 Å². The highest BCUT2D eigenvalue weighted by Crippen LogP contribution is 2.28. The van der Waals surface area contributed by atoms with Crippen LogP contribution in [0.1, 0.15) is 15.2 Å². The third-order valence-corrected chi connectivity index (χ3v) is 3.72. The number of aromatic hydroxyl groups is 1. The van der Waals surface area contributed by atoms with Crippen LogP contribution in [0.2, 0.25) is 0 Å². The van der Waals surface area contributed by atoms with Crippen LogP contribution in [0.4, 0.5) is 0 Å². The van der Waals surface area contributed by atoms with E-state index in [-0.39, 0.29) is 11.5 Å². The number of carbonyl (C=O) groups excluding carboxylic acids is 1. The number of hydrogen-bond donors (Lipinski definition) is 1. The maximum absolute atomic E-state index is 12.2. The zero-order valence-corrected chi connectivity index (χ0v) is 10.3. The topological polar surface area (TPSA) is 37.3 Å². The normalized spacial score (nSPS) is 10.7. The first-order valence-corrected chi connectivity index (χ1v) is 6.43. The van der Waals surface area contributed by atoms with E-state index in [0.29, 0.717) is 10.4 Å². The molecule has 2 nitrogen and oxygen atoms in total. The zero-order valence-electron chi connectivity index (χ0n) is 9.46. The Kier molecular flexibility index (Phi) is 2.61. The van der Waals surface area contributed by atoms with Crippen molar-refractivity contribution in [2.45, 2.75) is 0 Å². The van der Waals surface area contributed by atoms with Gasteiger partial charge in [0.2, 0.25) is 5.78 Å². The van der Waals surface area contributed by atoms with Gasteiger partial charge in [-0.25, -0.2) is 0 Å². The number of fused-ring (bicyclic) bond motifs is 1. The second-order valence-corrected chi connectivity index (χ2v) is 4.97. The van der Waals surface area contributed by atoms with E-state index in [0.717, 1.165) is 10.8 Å². The van der Waals surface area contributed by atoms with Crippen LogP contribution in [0.15, 0.2) is 53.9 Å². The van der Waals surface area contributed by atoms with Crippen molar-refractivity contribution in [3.05, 3.63) is 64.4 Å². The average molecular weight is 254 g/mol. The quantitative estimate of drug-likeness (QED) is 0.705. The van der Waals surface area contributed by atoms with Gasteiger partial charge >= 0.3 is 0 Å². The van der Waals surface area contributed by atoms with Crippen LogP contribution in [-0.4, -0.2) is 10.9 Å². The van der Waals surface area contributed by atoms with Gasteiger partial charge in [0, 0.05) is 0 Å². The van der Waals surface area contributed by atoms with Gasteiger partial charge in [-0.05, 0) is 34.4 Å². The Bertz CT molecular complexity index is 714. The predicted octanol–water partition coefficient (Wildman–Crippen LogP) is 3.84. The summed E-state index contributed by atoms with van der Waals surface area (Å²) in [5, 5.41) is 13.7.